The van der Waals surface area contributed by atoms with Gasteiger partial charge in [-0.15, -0.1) is 0 Å². The van der Waals surface area contributed by atoms with Gasteiger partial charge in [0.2, 0.25) is 10.0 Å². The van der Waals surface area contributed by atoms with Crippen LogP contribution in [0.4, 0.5) is 24.7 Å². The molecule has 1 aromatic heterocycles. The number of carbonyl (C=O) groups is 1. The van der Waals surface area contributed by atoms with Gasteiger partial charge in [0.15, 0.2) is 5.82 Å². The van der Waals surface area contributed by atoms with Crippen molar-refractivity contribution in [1.82, 2.24) is 14.7 Å². The van der Waals surface area contributed by atoms with Crippen LogP contribution in [0.5, 0.6) is 0 Å². The van der Waals surface area contributed by atoms with Crippen molar-refractivity contribution in [2.24, 2.45) is 0 Å². The van der Waals surface area contributed by atoms with E-state index in [4.69, 9.17) is 11.6 Å². The predicted octanol–water partition coefficient (Wildman–Crippen LogP) is 5.84. The number of hydrogen-bond acceptors (Lipinski definition) is 6. The van der Waals surface area contributed by atoms with Crippen LogP contribution in [0.1, 0.15) is 34.3 Å². The van der Waals surface area contributed by atoms with E-state index in [1.54, 1.807) is 31.3 Å². The van der Waals surface area contributed by atoms with Crippen molar-refractivity contribution < 1.29 is 26.4 Å². The molecular weight excluding hydrogens is 567 g/mol. The van der Waals surface area contributed by atoms with Crippen LogP contribution in [0.15, 0.2) is 60.7 Å². The molecule has 4 aromatic rings. The van der Waals surface area contributed by atoms with Crippen LogP contribution >= 0.6 is 11.6 Å². The molecule has 3 N–H and O–H groups in total. The van der Waals surface area contributed by atoms with Gasteiger partial charge < -0.3 is 10.6 Å². The van der Waals surface area contributed by atoms with E-state index in [-0.39, 0.29) is 33.8 Å². The summed E-state index contributed by atoms with van der Waals surface area (Å²) in [6, 6.07) is 14.3. The van der Waals surface area contributed by atoms with Gasteiger partial charge in [0.05, 0.1) is 26.9 Å². The summed E-state index contributed by atoms with van der Waals surface area (Å²) < 4.78 is 66.6. The Kier molecular flexibility index (Phi) is 7.42. The molecule has 0 saturated heterocycles. The zero-order chi connectivity index (χ0) is 28.7. The highest BCUT2D eigenvalue weighted by Crippen LogP contribution is 2.33. The maximum Gasteiger partial charge on any atom is 0.416 e. The van der Waals surface area contributed by atoms with Crippen LogP contribution in [0, 0.1) is 0 Å². The molecule has 5 rings (SSSR count). The van der Waals surface area contributed by atoms with E-state index in [2.05, 4.69) is 25.3 Å². The van der Waals surface area contributed by atoms with Crippen LogP contribution in [-0.4, -0.2) is 36.6 Å². The lowest BCUT2D eigenvalue weighted by molar-refractivity contribution is -0.137. The number of halogens is 4. The summed E-state index contributed by atoms with van der Waals surface area (Å²) in [5.74, 6) is -0.0484. The predicted molar refractivity (Wildman–Crippen MR) is 148 cm³/mol. The van der Waals surface area contributed by atoms with Gasteiger partial charge in [-0.1, -0.05) is 29.8 Å². The first kappa shape index (κ1) is 27.8. The standard InChI is InChI=1S/C27H23ClF3N5O3S/c1-32-25-20-9-6-18(13-23(20)35-24(36-25)16-3-2-4-17(12-16)27(29,30)31)34-26(37)21-11-15(5-10-22(21)28)14-33-40(38,39)19-7-8-19/h2-6,9-13,19,33H,7-8,14H2,1H3,(H,34,37)(H,32,35,36). The van der Waals surface area contributed by atoms with Gasteiger partial charge in [-0.25, -0.2) is 23.1 Å². The van der Waals surface area contributed by atoms with E-state index < -0.39 is 27.7 Å². The normalized spacial score (nSPS) is 13.8. The van der Waals surface area contributed by atoms with Crippen LogP contribution < -0.4 is 15.4 Å². The van der Waals surface area contributed by atoms with E-state index in [9.17, 15) is 26.4 Å². The summed E-state index contributed by atoms with van der Waals surface area (Å²) >= 11 is 6.27. The monoisotopic (exact) mass is 589 g/mol. The molecule has 3 aromatic carbocycles. The molecule has 13 heteroatoms. The number of nitrogens with zero attached hydrogens (tertiary/aromatic N) is 2. The van der Waals surface area contributed by atoms with Crippen LogP contribution in [0.2, 0.25) is 5.02 Å². The van der Waals surface area contributed by atoms with Gasteiger partial charge >= 0.3 is 6.18 Å². The fraction of sp³-hybridized carbons (Fsp3) is 0.222. The first-order valence-corrected chi connectivity index (χ1v) is 14.1. The Labute approximate surface area is 233 Å². The second-order valence-corrected chi connectivity index (χ2v) is 11.7. The number of rotatable bonds is 8. The van der Waals surface area contributed by atoms with Crippen molar-refractivity contribution >= 4 is 49.9 Å². The van der Waals surface area contributed by atoms with Gasteiger partial charge in [0, 0.05) is 30.2 Å². The van der Waals surface area contributed by atoms with Crippen molar-refractivity contribution in [2.45, 2.75) is 30.8 Å². The van der Waals surface area contributed by atoms with Crippen LogP contribution in [0.25, 0.3) is 22.3 Å². The Morgan fingerprint density at radius 3 is 2.52 bits per heavy atom. The van der Waals surface area contributed by atoms with Crippen molar-refractivity contribution in [1.29, 1.82) is 0 Å². The van der Waals surface area contributed by atoms with E-state index in [0.29, 0.717) is 40.8 Å². The minimum atomic E-state index is -4.52. The average Bonchev–Trinajstić information content (AvgIpc) is 3.78. The zero-order valence-corrected chi connectivity index (χ0v) is 22.6. The number of carbonyl (C=O) groups excluding carboxylic acids is 1. The van der Waals surface area contributed by atoms with Crippen LogP contribution in [-0.2, 0) is 22.7 Å². The minimum Gasteiger partial charge on any atom is -0.373 e. The Hall–Kier alpha value is -3.74. The van der Waals surface area contributed by atoms with Crippen LogP contribution in [0.3, 0.4) is 0 Å². The van der Waals surface area contributed by atoms with Gasteiger partial charge in [-0.3, -0.25) is 4.79 Å². The lowest BCUT2D eigenvalue weighted by Crippen LogP contribution is -2.26. The number of nitrogens with one attached hydrogen (secondary N) is 3. The maximum absolute atomic E-state index is 13.2. The lowest BCUT2D eigenvalue weighted by Gasteiger charge is -2.13. The summed E-state index contributed by atoms with van der Waals surface area (Å²) in [6.07, 6.45) is -3.24. The highest BCUT2D eigenvalue weighted by atomic mass is 35.5. The Morgan fingerprint density at radius 1 is 1.05 bits per heavy atom. The fourth-order valence-corrected chi connectivity index (χ4v) is 5.66. The molecule has 0 spiro atoms. The van der Waals surface area contributed by atoms with E-state index in [1.807, 2.05) is 0 Å². The summed E-state index contributed by atoms with van der Waals surface area (Å²) in [4.78, 5) is 21.9. The molecule has 0 radical (unpaired) electrons. The van der Waals surface area contributed by atoms with E-state index in [0.717, 1.165) is 12.1 Å². The molecule has 0 aliphatic heterocycles. The van der Waals surface area contributed by atoms with E-state index >= 15 is 0 Å². The molecule has 1 heterocycles. The SMILES string of the molecule is CNc1nc(-c2cccc(C(F)(F)F)c2)nc2cc(NC(=O)c3cc(CNS(=O)(=O)C4CC4)ccc3Cl)ccc12. The molecular formula is C27H23ClF3N5O3S. The Bertz CT molecular complexity index is 1730. The molecule has 0 atom stereocenters. The average molecular weight is 590 g/mol. The molecule has 208 valence electrons. The van der Waals surface area contributed by atoms with Crippen molar-refractivity contribution in [3.05, 3.63) is 82.4 Å². The lowest BCUT2D eigenvalue weighted by atomic mass is 10.1. The Morgan fingerprint density at radius 2 is 1.82 bits per heavy atom. The summed E-state index contributed by atoms with van der Waals surface area (Å²) in [5.41, 5.74) is 0.828. The van der Waals surface area contributed by atoms with Gasteiger partial charge in [0.25, 0.3) is 5.91 Å². The second-order valence-electron chi connectivity index (χ2n) is 9.29. The third-order valence-electron chi connectivity index (χ3n) is 6.36. The largest absolute Gasteiger partial charge is 0.416 e. The van der Waals surface area contributed by atoms with Crippen molar-refractivity contribution in [3.8, 4) is 11.4 Å². The highest BCUT2D eigenvalue weighted by molar-refractivity contribution is 7.90. The third-order valence-corrected chi connectivity index (χ3v) is 8.58. The van der Waals surface area contributed by atoms with Gasteiger partial charge in [-0.2, -0.15) is 13.2 Å². The molecule has 8 nitrogen and oxygen atoms in total. The quantitative estimate of drug-likeness (QED) is 0.238. The van der Waals surface area contributed by atoms with Crippen molar-refractivity contribution in [2.75, 3.05) is 17.7 Å². The first-order valence-electron chi connectivity index (χ1n) is 12.2. The molecule has 1 fully saturated rings. The summed E-state index contributed by atoms with van der Waals surface area (Å²) in [6.45, 7) is 0.0221. The second kappa shape index (κ2) is 10.7. The maximum atomic E-state index is 13.2. The number of alkyl halides is 3. The topological polar surface area (TPSA) is 113 Å². The zero-order valence-electron chi connectivity index (χ0n) is 21.0. The summed E-state index contributed by atoms with van der Waals surface area (Å²) in [7, 11) is -1.76. The molecule has 1 saturated carbocycles. The molecule has 40 heavy (non-hydrogen) atoms. The fourth-order valence-electron chi connectivity index (χ4n) is 4.10. The number of fused-ring (bicyclic) bond motifs is 1. The van der Waals surface area contributed by atoms with Gasteiger partial charge in [0.1, 0.15) is 5.82 Å². The number of amides is 1. The first-order chi connectivity index (χ1) is 18.9. The molecule has 1 amide bonds. The number of sulfonamides is 1. The molecule has 1 aliphatic carbocycles. The van der Waals surface area contributed by atoms with Gasteiger partial charge in [-0.05, 0) is 60.9 Å². The number of hydrogen-bond donors (Lipinski definition) is 3. The van der Waals surface area contributed by atoms with Crippen molar-refractivity contribution in [3.63, 3.8) is 0 Å². The third kappa shape index (κ3) is 6.03. The minimum absolute atomic E-state index is 0.0221. The Balaban J connectivity index is 1.41. The number of anilines is 2. The van der Waals surface area contributed by atoms with E-state index in [1.165, 1.54) is 24.3 Å². The molecule has 0 bridgehead atoms. The molecule has 1 aliphatic rings. The molecule has 0 unspecified atom stereocenters. The smallest absolute Gasteiger partial charge is 0.373 e. The summed E-state index contributed by atoms with van der Waals surface area (Å²) in [5, 5.41) is 6.10. The highest BCUT2D eigenvalue weighted by Gasteiger charge is 2.35. The number of aromatic nitrogens is 2. The number of benzene rings is 3.